The van der Waals surface area contributed by atoms with E-state index < -0.39 is 0 Å². The third-order valence-electron chi connectivity index (χ3n) is 2.66. The Hall–Kier alpha value is -0.300. The molecule has 0 rings (SSSR count). The Morgan fingerprint density at radius 3 is 1.80 bits per heavy atom. The molecular formula is C14H27O. The highest BCUT2D eigenvalue weighted by molar-refractivity contribution is 4.81. The van der Waals surface area contributed by atoms with Crippen molar-refractivity contribution in [2.45, 2.75) is 71.1 Å². The maximum absolute atomic E-state index is 10.2. The van der Waals surface area contributed by atoms with Gasteiger partial charge in [0.05, 0.1) is 6.61 Å². The second kappa shape index (κ2) is 13.7. The van der Waals surface area contributed by atoms with Crippen molar-refractivity contribution in [2.24, 2.45) is 0 Å². The minimum absolute atomic E-state index is 0.104. The Bertz CT molecular complexity index is 129. The minimum atomic E-state index is 0.104. The van der Waals surface area contributed by atoms with Crippen LogP contribution in [0.25, 0.3) is 0 Å². The van der Waals surface area contributed by atoms with Gasteiger partial charge in [-0.2, -0.15) is 0 Å². The zero-order chi connectivity index (χ0) is 11.2. The molecule has 1 radical (unpaired) electrons. The van der Waals surface area contributed by atoms with Crippen LogP contribution in [0.4, 0.5) is 0 Å². The van der Waals surface area contributed by atoms with Gasteiger partial charge in [0.1, 0.15) is 0 Å². The molecule has 15 heavy (non-hydrogen) atoms. The zero-order valence-corrected chi connectivity index (χ0v) is 10.3. The average molecular weight is 211 g/mol. The highest BCUT2D eigenvalue weighted by Gasteiger charge is 1.88. The van der Waals surface area contributed by atoms with E-state index in [0.29, 0.717) is 0 Å². The lowest BCUT2D eigenvalue weighted by Gasteiger charge is -1.96. The summed E-state index contributed by atoms with van der Waals surface area (Å²) in [6.07, 6.45) is 17.0. The summed E-state index contributed by atoms with van der Waals surface area (Å²) < 4.78 is 0. The van der Waals surface area contributed by atoms with Crippen LogP contribution in [0.5, 0.6) is 0 Å². The van der Waals surface area contributed by atoms with E-state index in [1.165, 1.54) is 51.4 Å². The lowest BCUT2D eigenvalue weighted by Crippen LogP contribution is -1.81. The normalized spacial score (nSPS) is 11.3. The Balaban J connectivity index is 2.97. The number of allylic oxidation sites excluding steroid dienone is 2. The van der Waals surface area contributed by atoms with Gasteiger partial charge in [-0.15, -0.1) is 0 Å². The molecule has 1 heteroatoms. The van der Waals surface area contributed by atoms with E-state index in [2.05, 4.69) is 19.1 Å². The van der Waals surface area contributed by atoms with Crippen LogP contribution in [0, 0.1) is 0 Å². The zero-order valence-electron chi connectivity index (χ0n) is 10.3. The maximum atomic E-state index is 10.2. The molecule has 89 valence electrons. The molecule has 0 aliphatic rings. The van der Waals surface area contributed by atoms with E-state index in [1.807, 2.05) is 0 Å². The molecule has 0 fully saturated rings. The molecule has 0 bridgehead atoms. The van der Waals surface area contributed by atoms with Gasteiger partial charge in [-0.3, -0.25) is 0 Å². The first-order valence-corrected chi connectivity index (χ1v) is 6.65. The molecule has 0 atom stereocenters. The van der Waals surface area contributed by atoms with Crippen molar-refractivity contribution in [3.05, 3.63) is 12.2 Å². The summed E-state index contributed by atoms with van der Waals surface area (Å²) in [7, 11) is 0. The van der Waals surface area contributed by atoms with E-state index in [4.69, 9.17) is 0 Å². The van der Waals surface area contributed by atoms with Crippen molar-refractivity contribution in [1.82, 2.24) is 0 Å². The molecule has 0 aromatic carbocycles. The molecule has 0 amide bonds. The molecule has 0 spiro atoms. The van der Waals surface area contributed by atoms with Crippen LogP contribution >= 0.6 is 0 Å². The van der Waals surface area contributed by atoms with Gasteiger partial charge in [-0.05, 0) is 32.1 Å². The van der Waals surface area contributed by atoms with Crippen LogP contribution in [0.3, 0.4) is 0 Å². The first kappa shape index (κ1) is 14.7. The summed E-state index contributed by atoms with van der Waals surface area (Å²) in [4.78, 5) is 0. The molecule has 0 aromatic heterocycles. The predicted molar refractivity (Wildman–Crippen MR) is 66.5 cm³/mol. The highest BCUT2D eigenvalue weighted by Crippen LogP contribution is 2.06. The van der Waals surface area contributed by atoms with Crippen molar-refractivity contribution in [3.8, 4) is 0 Å². The van der Waals surface area contributed by atoms with Gasteiger partial charge in [-0.1, -0.05) is 51.2 Å². The monoisotopic (exact) mass is 211 g/mol. The average Bonchev–Trinajstić information content (AvgIpc) is 2.26. The van der Waals surface area contributed by atoms with Crippen molar-refractivity contribution < 1.29 is 5.11 Å². The Morgan fingerprint density at radius 1 is 0.733 bits per heavy atom. The summed E-state index contributed by atoms with van der Waals surface area (Å²) >= 11 is 0. The van der Waals surface area contributed by atoms with Crippen LogP contribution in [0.15, 0.2) is 12.2 Å². The van der Waals surface area contributed by atoms with Gasteiger partial charge in [0.15, 0.2) is 0 Å². The maximum Gasteiger partial charge on any atom is 0.0822 e. The van der Waals surface area contributed by atoms with Gasteiger partial charge in [-0.25, -0.2) is 5.11 Å². The number of rotatable bonds is 11. The largest absolute Gasteiger partial charge is 0.237 e. The molecule has 0 saturated heterocycles. The summed E-state index contributed by atoms with van der Waals surface area (Å²) in [5.74, 6) is 0. The van der Waals surface area contributed by atoms with E-state index >= 15 is 0 Å². The first-order valence-electron chi connectivity index (χ1n) is 6.65. The van der Waals surface area contributed by atoms with Crippen molar-refractivity contribution in [2.75, 3.05) is 6.61 Å². The summed E-state index contributed by atoms with van der Waals surface area (Å²) in [6.45, 7) is 2.35. The lowest BCUT2D eigenvalue weighted by atomic mass is 10.1. The third kappa shape index (κ3) is 13.7. The molecule has 1 nitrogen and oxygen atoms in total. The summed E-state index contributed by atoms with van der Waals surface area (Å²) in [5.41, 5.74) is 0. The van der Waals surface area contributed by atoms with E-state index in [0.717, 1.165) is 12.8 Å². The number of hydrogen-bond acceptors (Lipinski definition) is 0. The van der Waals surface area contributed by atoms with Crippen molar-refractivity contribution in [3.63, 3.8) is 0 Å². The quantitative estimate of drug-likeness (QED) is 0.342. The van der Waals surface area contributed by atoms with Crippen LogP contribution in [-0.2, 0) is 5.11 Å². The van der Waals surface area contributed by atoms with Crippen LogP contribution < -0.4 is 0 Å². The Morgan fingerprint density at radius 2 is 1.27 bits per heavy atom. The molecule has 0 aliphatic carbocycles. The third-order valence-corrected chi connectivity index (χ3v) is 2.66. The molecule has 0 aromatic rings. The molecule has 0 unspecified atom stereocenters. The van der Waals surface area contributed by atoms with Crippen molar-refractivity contribution >= 4 is 0 Å². The predicted octanol–water partition coefficient (Wildman–Crippen LogP) is 4.89. The molecule has 0 N–H and O–H groups in total. The van der Waals surface area contributed by atoms with Gasteiger partial charge >= 0.3 is 0 Å². The lowest BCUT2D eigenvalue weighted by molar-refractivity contribution is 0.186. The number of hydrogen-bond donors (Lipinski definition) is 0. The van der Waals surface area contributed by atoms with Gasteiger partial charge < -0.3 is 0 Å². The Labute approximate surface area is 95.6 Å². The SMILES string of the molecule is CCCCCC/C=C/CCCCCC[O]. The highest BCUT2D eigenvalue weighted by atomic mass is 16.2. The van der Waals surface area contributed by atoms with E-state index in [1.54, 1.807) is 0 Å². The standard InChI is InChI=1S/C14H27O/c1-2-3-4-5-6-7-8-9-10-11-12-13-14-15/h7-8H,2-6,9-14H2,1H3/b8-7+. The smallest absolute Gasteiger partial charge is 0.0822 e. The topological polar surface area (TPSA) is 19.9 Å². The van der Waals surface area contributed by atoms with E-state index in [9.17, 15) is 5.11 Å². The fourth-order valence-corrected chi connectivity index (χ4v) is 1.64. The second-order valence-electron chi connectivity index (χ2n) is 4.23. The number of unbranched alkanes of at least 4 members (excludes halogenated alkanes) is 8. The van der Waals surface area contributed by atoms with Gasteiger partial charge in [0.25, 0.3) is 0 Å². The first-order chi connectivity index (χ1) is 7.41. The van der Waals surface area contributed by atoms with Crippen LogP contribution in [0.1, 0.15) is 71.1 Å². The Kier molecular flexibility index (Phi) is 13.4. The molecule has 0 saturated carbocycles. The fraction of sp³-hybridized carbons (Fsp3) is 0.857. The molecule has 0 heterocycles. The van der Waals surface area contributed by atoms with Crippen LogP contribution in [-0.4, -0.2) is 6.61 Å². The molecular weight excluding hydrogens is 184 g/mol. The van der Waals surface area contributed by atoms with E-state index in [-0.39, 0.29) is 6.61 Å². The van der Waals surface area contributed by atoms with Crippen molar-refractivity contribution in [1.29, 1.82) is 0 Å². The molecule has 0 aliphatic heterocycles. The summed E-state index contributed by atoms with van der Waals surface area (Å²) in [6, 6.07) is 0. The minimum Gasteiger partial charge on any atom is -0.237 e. The second-order valence-corrected chi connectivity index (χ2v) is 4.23. The van der Waals surface area contributed by atoms with Crippen LogP contribution in [0.2, 0.25) is 0 Å². The van der Waals surface area contributed by atoms with Gasteiger partial charge in [0, 0.05) is 0 Å². The summed E-state index contributed by atoms with van der Waals surface area (Å²) in [5, 5.41) is 10.2. The fourth-order valence-electron chi connectivity index (χ4n) is 1.64. The van der Waals surface area contributed by atoms with Gasteiger partial charge in [0.2, 0.25) is 0 Å².